The third kappa shape index (κ3) is 5.56. The van der Waals surface area contributed by atoms with Crippen molar-refractivity contribution in [3.8, 4) is 5.75 Å². The highest BCUT2D eigenvalue weighted by Gasteiger charge is 2.31. The van der Waals surface area contributed by atoms with Crippen molar-refractivity contribution < 1.29 is 23.1 Å². The summed E-state index contributed by atoms with van der Waals surface area (Å²) < 4.78 is 24.9. The number of nitrogens with one attached hydrogen (secondary N) is 1. The van der Waals surface area contributed by atoms with Crippen LogP contribution in [0.5, 0.6) is 5.75 Å². The van der Waals surface area contributed by atoms with Gasteiger partial charge in [-0.1, -0.05) is 25.1 Å². The van der Waals surface area contributed by atoms with Gasteiger partial charge in [-0.3, -0.25) is 9.59 Å². The van der Waals surface area contributed by atoms with Gasteiger partial charge in [0.15, 0.2) is 0 Å². The molecule has 0 spiro atoms. The van der Waals surface area contributed by atoms with Crippen molar-refractivity contribution >= 4 is 23.2 Å². The molecule has 0 radical (unpaired) electrons. The predicted octanol–water partition coefficient (Wildman–Crippen LogP) is 5.27. The van der Waals surface area contributed by atoms with Crippen LogP contribution in [0.3, 0.4) is 0 Å². The topological polar surface area (TPSA) is 84.7 Å². The molecule has 5 rings (SSSR count). The molecule has 0 aliphatic carbocycles. The van der Waals surface area contributed by atoms with Crippen LogP contribution in [-0.4, -0.2) is 28.2 Å². The number of hydrogen-bond donors (Lipinski definition) is 1. The van der Waals surface area contributed by atoms with Gasteiger partial charge in [-0.2, -0.15) is 0 Å². The SMILES string of the molecule is CCC(=O)N1CCc2ccc(OCc3nc(C(=O)NCc4ccco4)cs3)cc2C1c1ccc(F)cc1. The zero-order valence-corrected chi connectivity index (χ0v) is 21.1. The second-order valence-electron chi connectivity index (χ2n) is 8.68. The van der Waals surface area contributed by atoms with Crippen molar-refractivity contribution in [2.45, 2.75) is 39.0 Å². The van der Waals surface area contributed by atoms with Gasteiger partial charge in [0.05, 0.1) is 18.8 Å². The lowest BCUT2D eigenvalue weighted by atomic mass is 9.87. The number of thiazole rings is 1. The fourth-order valence-corrected chi connectivity index (χ4v) is 5.14. The summed E-state index contributed by atoms with van der Waals surface area (Å²) >= 11 is 1.35. The Morgan fingerprint density at radius 1 is 1.22 bits per heavy atom. The maximum atomic E-state index is 13.6. The summed E-state index contributed by atoms with van der Waals surface area (Å²) in [5.74, 6) is 0.749. The average Bonchev–Trinajstić information content (AvgIpc) is 3.62. The molecule has 1 aliphatic heterocycles. The van der Waals surface area contributed by atoms with Gasteiger partial charge in [-0.15, -0.1) is 11.3 Å². The first-order valence-electron chi connectivity index (χ1n) is 12.1. The van der Waals surface area contributed by atoms with Crippen molar-refractivity contribution in [2.75, 3.05) is 6.54 Å². The van der Waals surface area contributed by atoms with Crippen LogP contribution >= 0.6 is 11.3 Å². The molecule has 7 nitrogen and oxygen atoms in total. The van der Waals surface area contributed by atoms with Gasteiger partial charge < -0.3 is 19.4 Å². The lowest BCUT2D eigenvalue weighted by Gasteiger charge is -2.38. The summed E-state index contributed by atoms with van der Waals surface area (Å²) in [5.41, 5.74) is 3.28. The third-order valence-electron chi connectivity index (χ3n) is 6.30. The zero-order valence-electron chi connectivity index (χ0n) is 20.3. The Hall–Kier alpha value is -3.98. The number of furan rings is 1. The molecule has 1 N–H and O–H groups in total. The van der Waals surface area contributed by atoms with E-state index < -0.39 is 0 Å². The van der Waals surface area contributed by atoms with Crippen LogP contribution in [0.1, 0.15) is 57.3 Å². The molecule has 2 amide bonds. The molecule has 1 atom stereocenters. The van der Waals surface area contributed by atoms with Gasteiger partial charge in [0.2, 0.25) is 5.91 Å². The number of rotatable bonds is 8. The molecule has 2 aromatic heterocycles. The number of halogens is 1. The molecule has 1 unspecified atom stereocenters. The van der Waals surface area contributed by atoms with Gasteiger partial charge >= 0.3 is 0 Å². The van der Waals surface area contributed by atoms with Crippen LogP contribution in [0.15, 0.2) is 70.7 Å². The maximum Gasteiger partial charge on any atom is 0.271 e. The van der Waals surface area contributed by atoms with Crippen LogP contribution in [-0.2, 0) is 24.4 Å². The van der Waals surface area contributed by atoms with E-state index in [1.54, 1.807) is 35.9 Å². The fraction of sp³-hybridized carbons (Fsp3) is 0.250. The normalized spacial score (nSPS) is 14.8. The highest BCUT2D eigenvalue weighted by Crippen LogP contribution is 2.37. The van der Waals surface area contributed by atoms with Gasteiger partial charge in [0, 0.05) is 18.3 Å². The van der Waals surface area contributed by atoms with Gasteiger partial charge in [0.1, 0.15) is 34.6 Å². The van der Waals surface area contributed by atoms with Crippen molar-refractivity contribution in [2.24, 2.45) is 0 Å². The van der Waals surface area contributed by atoms with E-state index in [2.05, 4.69) is 10.3 Å². The summed E-state index contributed by atoms with van der Waals surface area (Å²) in [7, 11) is 0. The number of carbonyl (C=O) groups excluding carboxylic acids is 2. The maximum absolute atomic E-state index is 13.6. The first-order valence-corrected chi connectivity index (χ1v) is 13.0. The fourth-order valence-electron chi connectivity index (χ4n) is 4.46. The molecule has 1 aliphatic rings. The minimum Gasteiger partial charge on any atom is -0.486 e. The van der Waals surface area contributed by atoms with Gasteiger partial charge in [0.25, 0.3) is 5.91 Å². The number of nitrogens with zero attached hydrogens (tertiary/aromatic N) is 2. The smallest absolute Gasteiger partial charge is 0.271 e. The van der Waals surface area contributed by atoms with Crippen molar-refractivity contribution in [3.63, 3.8) is 0 Å². The third-order valence-corrected chi connectivity index (χ3v) is 7.13. The van der Waals surface area contributed by atoms with Crippen LogP contribution in [0, 0.1) is 5.82 Å². The van der Waals surface area contributed by atoms with E-state index in [1.807, 2.05) is 30.0 Å². The number of hydrogen-bond acceptors (Lipinski definition) is 6. The molecule has 190 valence electrons. The lowest BCUT2D eigenvalue weighted by Crippen LogP contribution is -2.40. The highest BCUT2D eigenvalue weighted by atomic mass is 32.1. The van der Waals surface area contributed by atoms with E-state index in [9.17, 15) is 14.0 Å². The van der Waals surface area contributed by atoms with E-state index in [4.69, 9.17) is 9.15 Å². The summed E-state index contributed by atoms with van der Waals surface area (Å²) in [6.45, 7) is 2.94. The summed E-state index contributed by atoms with van der Waals surface area (Å²) in [5, 5.41) is 5.14. The summed E-state index contributed by atoms with van der Waals surface area (Å²) in [6.07, 6.45) is 2.69. The largest absolute Gasteiger partial charge is 0.486 e. The van der Waals surface area contributed by atoms with Gasteiger partial charge in [-0.05, 0) is 59.5 Å². The first-order chi connectivity index (χ1) is 18.0. The van der Waals surface area contributed by atoms with Crippen molar-refractivity contribution in [3.05, 3.63) is 105 Å². The van der Waals surface area contributed by atoms with E-state index in [0.717, 1.165) is 23.1 Å². The van der Waals surface area contributed by atoms with E-state index in [1.165, 1.54) is 23.5 Å². The van der Waals surface area contributed by atoms with Gasteiger partial charge in [-0.25, -0.2) is 9.37 Å². The Morgan fingerprint density at radius 3 is 2.81 bits per heavy atom. The number of benzene rings is 2. The molecule has 0 saturated carbocycles. The monoisotopic (exact) mass is 519 g/mol. The number of amides is 2. The Labute approximate surface area is 217 Å². The van der Waals surface area contributed by atoms with Crippen LogP contribution in [0.4, 0.5) is 4.39 Å². The molecule has 0 bridgehead atoms. The second kappa shape index (κ2) is 11.0. The van der Waals surface area contributed by atoms with E-state index in [-0.39, 0.29) is 36.8 Å². The Balaban J connectivity index is 1.31. The summed E-state index contributed by atoms with van der Waals surface area (Å²) in [6, 6.07) is 15.4. The molecule has 4 aromatic rings. The standard InChI is InChI=1S/C28H26FN3O4S/c1-2-26(33)32-12-11-18-7-10-21(14-23(18)27(32)19-5-8-20(29)9-6-19)36-16-25-31-24(17-37-25)28(34)30-15-22-4-3-13-35-22/h3-10,13-14,17,27H,2,11-12,15-16H2,1H3,(H,30,34). The first kappa shape index (κ1) is 24.7. The second-order valence-corrected chi connectivity index (χ2v) is 9.63. The molecule has 3 heterocycles. The molecule has 0 fully saturated rings. The number of ether oxygens (including phenoxy) is 1. The number of carbonyl (C=O) groups is 2. The van der Waals surface area contributed by atoms with Crippen LogP contribution < -0.4 is 10.1 Å². The molecular weight excluding hydrogens is 493 g/mol. The number of fused-ring (bicyclic) bond motifs is 1. The number of aromatic nitrogens is 1. The van der Waals surface area contributed by atoms with E-state index in [0.29, 0.717) is 35.2 Å². The Bertz CT molecular complexity index is 1380. The minimum absolute atomic E-state index is 0.0481. The van der Waals surface area contributed by atoms with Crippen LogP contribution in [0.25, 0.3) is 0 Å². The molecular formula is C28H26FN3O4S. The van der Waals surface area contributed by atoms with E-state index >= 15 is 0 Å². The Morgan fingerprint density at radius 2 is 2.05 bits per heavy atom. The lowest BCUT2D eigenvalue weighted by molar-refractivity contribution is -0.132. The average molecular weight is 520 g/mol. The minimum atomic E-state index is -0.317. The molecule has 37 heavy (non-hydrogen) atoms. The molecule has 2 aromatic carbocycles. The zero-order chi connectivity index (χ0) is 25.8. The quantitative estimate of drug-likeness (QED) is 0.343. The van der Waals surface area contributed by atoms with Crippen LogP contribution in [0.2, 0.25) is 0 Å². The van der Waals surface area contributed by atoms with Crippen molar-refractivity contribution in [1.29, 1.82) is 0 Å². The summed E-state index contributed by atoms with van der Waals surface area (Å²) in [4.78, 5) is 31.4. The van der Waals surface area contributed by atoms with Crippen molar-refractivity contribution in [1.82, 2.24) is 15.2 Å². The predicted molar refractivity (Wildman–Crippen MR) is 137 cm³/mol. The molecule has 0 saturated heterocycles. The highest BCUT2D eigenvalue weighted by molar-refractivity contribution is 7.09. The molecule has 9 heteroatoms. The Kier molecular flexibility index (Phi) is 7.32.